The molecule has 1 aliphatic heterocycles. The highest BCUT2D eigenvalue weighted by Gasteiger charge is 2.33. The van der Waals surface area contributed by atoms with Crippen molar-refractivity contribution in [2.24, 2.45) is 5.92 Å². The van der Waals surface area contributed by atoms with Crippen LogP contribution in [0.5, 0.6) is 5.75 Å². The summed E-state index contributed by atoms with van der Waals surface area (Å²) in [5.41, 5.74) is 2.01. The van der Waals surface area contributed by atoms with E-state index in [4.69, 9.17) is 9.15 Å². The molecule has 1 aromatic heterocycles. The Hall–Kier alpha value is -1.48. The maximum Gasteiger partial charge on any atom is 0.176 e. The first-order valence-corrected chi connectivity index (χ1v) is 7.89. The van der Waals surface area contributed by atoms with E-state index in [1.54, 1.807) is 0 Å². The molecule has 0 radical (unpaired) electrons. The van der Waals surface area contributed by atoms with E-state index < -0.39 is 0 Å². The standard InChI is InChI=1S/C18H25NO2/c1-6-19-15(11(2)3)14-9-12-7-8-13-10-18(4,5)21-17(13)16(12)20-14/h7-9,11,15,19H,6,10H2,1-5H3. The molecule has 1 aromatic carbocycles. The third-order valence-corrected chi connectivity index (χ3v) is 4.13. The fraction of sp³-hybridized carbons (Fsp3) is 0.556. The summed E-state index contributed by atoms with van der Waals surface area (Å²) in [7, 11) is 0. The van der Waals surface area contributed by atoms with Crippen molar-refractivity contribution in [3.8, 4) is 5.75 Å². The minimum absolute atomic E-state index is 0.136. The van der Waals surface area contributed by atoms with Gasteiger partial charge in [-0.25, -0.2) is 0 Å². The van der Waals surface area contributed by atoms with Gasteiger partial charge in [0, 0.05) is 17.4 Å². The van der Waals surface area contributed by atoms with Crippen LogP contribution < -0.4 is 10.1 Å². The second kappa shape index (κ2) is 5.06. The van der Waals surface area contributed by atoms with Crippen LogP contribution in [0, 0.1) is 5.92 Å². The summed E-state index contributed by atoms with van der Waals surface area (Å²) < 4.78 is 12.3. The predicted octanol–water partition coefficient (Wildman–Crippen LogP) is 4.45. The normalized spacial score (nSPS) is 18.0. The largest absolute Gasteiger partial charge is 0.483 e. The van der Waals surface area contributed by atoms with Gasteiger partial charge >= 0.3 is 0 Å². The molecule has 114 valence electrons. The zero-order valence-corrected chi connectivity index (χ0v) is 13.6. The number of hydrogen-bond acceptors (Lipinski definition) is 3. The lowest BCUT2D eigenvalue weighted by atomic mass is 10.0. The zero-order valence-electron chi connectivity index (χ0n) is 13.6. The van der Waals surface area contributed by atoms with Gasteiger partial charge in [-0.05, 0) is 32.4 Å². The van der Waals surface area contributed by atoms with Gasteiger partial charge in [-0.2, -0.15) is 0 Å². The van der Waals surface area contributed by atoms with E-state index in [-0.39, 0.29) is 11.6 Å². The van der Waals surface area contributed by atoms with Crippen LogP contribution in [0.15, 0.2) is 22.6 Å². The van der Waals surface area contributed by atoms with Crippen molar-refractivity contribution in [1.82, 2.24) is 5.32 Å². The van der Waals surface area contributed by atoms with E-state index in [2.05, 4.69) is 58.1 Å². The second-order valence-electron chi connectivity index (χ2n) is 6.94. The summed E-state index contributed by atoms with van der Waals surface area (Å²) >= 11 is 0. The number of benzene rings is 1. The molecule has 21 heavy (non-hydrogen) atoms. The van der Waals surface area contributed by atoms with Crippen LogP contribution in [-0.4, -0.2) is 12.1 Å². The summed E-state index contributed by atoms with van der Waals surface area (Å²) in [6.45, 7) is 11.7. The van der Waals surface area contributed by atoms with Crippen LogP contribution in [0.1, 0.15) is 52.0 Å². The predicted molar refractivity (Wildman–Crippen MR) is 85.9 cm³/mol. The Bertz CT molecular complexity index is 655. The molecule has 3 nitrogen and oxygen atoms in total. The molecule has 0 spiro atoms. The molecular formula is C18H25NO2. The van der Waals surface area contributed by atoms with E-state index in [9.17, 15) is 0 Å². The molecule has 1 aliphatic rings. The zero-order chi connectivity index (χ0) is 15.2. The highest BCUT2D eigenvalue weighted by Crippen LogP contribution is 2.42. The van der Waals surface area contributed by atoms with Gasteiger partial charge in [-0.1, -0.05) is 32.9 Å². The minimum atomic E-state index is -0.136. The fourth-order valence-corrected chi connectivity index (χ4v) is 3.20. The summed E-state index contributed by atoms with van der Waals surface area (Å²) in [4.78, 5) is 0. The quantitative estimate of drug-likeness (QED) is 0.902. The average Bonchev–Trinajstić information content (AvgIpc) is 2.94. The van der Waals surface area contributed by atoms with Gasteiger partial charge in [0.05, 0.1) is 6.04 Å². The molecule has 1 atom stereocenters. The Balaban J connectivity index is 2.06. The van der Waals surface area contributed by atoms with Crippen molar-refractivity contribution < 1.29 is 9.15 Å². The van der Waals surface area contributed by atoms with E-state index in [0.29, 0.717) is 5.92 Å². The third kappa shape index (κ3) is 2.55. The van der Waals surface area contributed by atoms with Crippen LogP contribution in [-0.2, 0) is 6.42 Å². The molecule has 0 fully saturated rings. The molecule has 1 N–H and O–H groups in total. The molecule has 0 amide bonds. The molecule has 3 rings (SSSR count). The second-order valence-corrected chi connectivity index (χ2v) is 6.94. The number of furan rings is 1. The van der Waals surface area contributed by atoms with Gasteiger partial charge in [0.25, 0.3) is 0 Å². The Morgan fingerprint density at radius 1 is 1.29 bits per heavy atom. The molecule has 1 unspecified atom stereocenters. The maximum absolute atomic E-state index is 6.19. The van der Waals surface area contributed by atoms with Crippen LogP contribution in [0.25, 0.3) is 11.0 Å². The van der Waals surface area contributed by atoms with Crippen molar-refractivity contribution in [2.45, 2.75) is 52.7 Å². The van der Waals surface area contributed by atoms with Crippen molar-refractivity contribution in [3.05, 3.63) is 29.5 Å². The first-order chi connectivity index (χ1) is 9.91. The van der Waals surface area contributed by atoms with Gasteiger partial charge in [0.2, 0.25) is 0 Å². The molecule has 0 saturated heterocycles. The first kappa shape index (κ1) is 14.5. The summed E-state index contributed by atoms with van der Waals surface area (Å²) in [5, 5.41) is 4.64. The van der Waals surface area contributed by atoms with Gasteiger partial charge in [0.15, 0.2) is 11.3 Å². The van der Waals surface area contributed by atoms with Crippen molar-refractivity contribution in [1.29, 1.82) is 0 Å². The minimum Gasteiger partial charge on any atom is -0.483 e. The first-order valence-electron chi connectivity index (χ1n) is 7.89. The molecule has 2 heterocycles. The lowest BCUT2D eigenvalue weighted by Crippen LogP contribution is -2.25. The molecular weight excluding hydrogens is 262 g/mol. The number of nitrogens with one attached hydrogen (secondary N) is 1. The van der Waals surface area contributed by atoms with Crippen LogP contribution >= 0.6 is 0 Å². The molecule has 0 aliphatic carbocycles. The monoisotopic (exact) mass is 287 g/mol. The summed E-state index contributed by atoms with van der Waals surface area (Å²) in [6, 6.07) is 6.71. The van der Waals surface area contributed by atoms with Gasteiger partial charge < -0.3 is 14.5 Å². The summed E-state index contributed by atoms with van der Waals surface area (Å²) in [5.74, 6) is 2.42. The van der Waals surface area contributed by atoms with Crippen molar-refractivity contribution in [2.75, 3.05) is 6.54 Å². The number of ether oxygens (including phenoxy) is 1. The molecule has 2 aromatic rings. The Kier molecular flexibility index (Phi) is 3.48. The number of hydrogen-bond donors (Lipinski definition) is 1. The van der Waals surface area contributed by atoms with E-state index >= 15 is 0 Å². The number of rotatable bonds is 4. The van der Waals surface area contributed by atoms with E-state index in [1.807, 2.05) is 0 Å². The van der Waals surface area contributed by atoms with Crippen molar-refractivity contribution in [3.63, 3.8) is 0 Å². The Morgan fingerprint density at radius 3 is 2.71 bits per heavy atom. The Labute approximate surface area is 126 Å². The smallest absolute Gasteiger partial charge is 0.176 e. The summed E-state index contributed by atoms with van der Waals surface area (Å²) in [6.07, 6.45) is 0.940. The van der Waals surface area contributed by atoms with E-state index in [0.717, 1.165) is 35.4 Å². The van der Waals surface area contributed by atoms with E-state index in [1.165, 1.54) is 5.56 Å². The maximum atomic E-state index is 6.19. The SMILES string of the molecule is CCNC(c1cc2ccc3c(c2o1)OC(C)(C)C3)C(C)C. The van der Waals surface area contributed by atoms with Crippen LogP contribution in [0.4, 0.5) is 0 Å². The fourth-order valence-electron chi connectivity index (χ4n) is 3.20. The van der Waals surface area contributed by atoms with Crippen molar-refractivity contribution >= 4 is 11.0 Å². The van der Waals surface area contributed by atoms with Crippen LogP contribution in [0.2, 0.25) is 0 Å². The van der Waals surface area contributed by atoms with Gasteiger partial charge in [0.1, 0.15) is 11.4 Å². The molecule has 0 saturated carbocycles. The average molecular weight is 287 g/mol. The molecule has 3 heteroatoms. The van der Waals surface area contributed by atoms with Gasteiger partial charge in [-0.3, -0.25) is 0 Å². The number of fused-ring (bicyclic) bond motifs is 3. The Morgan fingerprint density at radius 2 is 2.05 bits per heavy atom. The highest BCUT2D eigenvalue weighted by atomic mass is 16.5. The lowest BCUT2D eigenvalue weighted by Gasteiger charge is -2.19. The molecule has 0 bridgehead atoms. The van der Waals surface area contributed by atoms with Gasteiger partial charge in [-0.15, -0.1) is 0 Å². The third-order valence-electron chi connectivity index (χ3n) is 4.13. The topological polar surface area (TPSA) is 34.4 Å². The highest BCUT2D eigenvalue weighted by molar-refractivity contribution is 5.86. The lowest BCUT2D eigenvalue weighted by molar-refractivity contribution is 0.138. The van der Waals surface area contributed by atoms with Crippen LogP contribution in [0.3, 0.4) is 0 Å².